The molecule has 4 nitrogen and oxygen atoms in total. The van der Waals surface area contributed by atoms with E-state index in [9.17, 15) is 9.18 Å². The number of aromatic nitrogens is 2. The molecule has 0 fully saturated rings. The van der Waals surface area contributed by atoms with Gasteiger partial charge in [0, 0.05) is 12.4 Å². The summed E-state index contributed by atoms with van der Waals surface area (Å²) in [5.41, 5.74) is 1.57. The highest BCUT2D eigenvalue weighted by molar-refractivity contribution is 7.99. The molecule has 0 aliphatic carbocycles. The summed E-state index contributed by atoms with van der Waals surface area (Å²) >= 11 is 1.49. The van der Waals surface area contributed by atoms with Crippen LogP contribution in [-0.4, -0.2) is 23.3 Å². The Labute approximate surface area is 156 Å². The molecule has 2 aromatic carbocycles. The van der Waals surface area contributed by atoms with Crippen LogP contribution in [-0.2, 0) is 4.74 Å². The number of methoxy groups -OCH3 is 1. The molecule has 0 spiro atoms. The molecule has 1 heterocycles. The van der Waals surface area contributed by atoms with Crippen LogP contribution in [0, 0.1) is 5.82 Å². The molecule has 0 unspecified atom stereocenters. The van der Waals surface area contributed by atoms with Gasteiger partial charge in [-0.05, 0) is 43.7 Å². The Hall–Kier alpha value is -2.18. The number of ether oxygens (including phenoxy) is 1. The Morgan fingerprint density at radius 2 is 1.85 bits per heavy atom. The molecule has 2 atom stereocenters. The fraction of sp³-hybridized carbons (Fsp3) is 0.300. The molecule has 136 valence electrons. The summed E-state index contributed by atoms with van der Waals surface area (Å²) in [6, 6.07) is 13.6. The topological polar surface area (TPSA) is 44.1 Å². The zero-order valence-corrected chi connectivity index (χ0v) is 15.8. The molecule has 3 rings (SSSR count). The van der Waals surface area contributed by atoms with Crippen molar-refractivity contribution in [3.63, 3.8) is 0 Å². The van der Waals surface area contributed by atoms with Crippen LogP contribution in [0.25, 0.3) is 10.9 Å². The lowest BCUT2D eigenvalue weighted by molar-refractivity contribution is 0.156. The predicted octanol–water partition coefficient (Wildman–Crippen LogP) is 4.60. The first-order valence-electron chi connectivity index (χ1n) is 8.43. The lowest BCUT2D eigenvalue weighted by Gasteiger charge is -2.21. The van der Waals surface area contributed by atoms with Crippen molar-refractivity contribution in [3.05, 3.63) is 70.3 Å². The third kappa shape index (κ3) is 3.81. The molecule has 0 radical (unpaired) electrons. The van der Waals surface area contributed by atoms with Crippen LogP contribution >= 0.6 is 11.8 Å². The number of para-hydroxylation sites is 1. The SMILES string of the molecule is COC[C@@H](C)n1c(S[C@H](C)c2ccc(F)cc2)nc2ccccc2c1=O. The van der Waals surface area contributed by atoms with Crippen LogP contribution in [0.15, 0.2) is 58.5 Å². The minimum atomic E-state index is -0.264. The van der Waals surface area contributed by atoms with Gasteiger partial charge in [-0.15, -0.1) is 0 Å². The summed E-state index contributed by atoms with van der Waals surface area (Å²) in [4.78, 5) is 17.8. The molecule has 0 N–H and O–H groups in total. The Morgan fingerprint density at radius 1 is 1.15 bits per heavy atom. The third-order valence-corrected chi connectivity index (χ3v) is 5.37. The van der Waals surface area contributed by atoms with E-state index in [0.717, 1.165) is 5.56 Å². The van der Waals surface area contributed by atoms with Gasteiger partial charge < -0.3 is 4.74 Å². The molecule has 1 aromatic heterocycles. The van der Waals surface area contributed by atoms with E-state index >= 15 is 0 Å². The second-order valence-corrected chi connectivity index (χ2v) is 7.51. The van der Waals surface area contributed by atoms with Crippen LogP contribution in [0.3, 0.4) is 0 Å². The van der Waals surface area contributed by atoms with Crippen molar-refractivity contribution < 1.29 is 9.13 Å². The number of rotatable bonds is 6. The van der Waals surface area contributed by atoms with Crippen molar-refractivity contribution in [2.75, 3.05) is 13.7 Å². The summed E-state index contributed by atoms with van der Waals surface area (Å²) in [7, 11) is 1.62. The third-order valence-electron chi connectivity index (χ3n) is 4.25. The molecule has 0 saturated heterocycles. The van der Waals surface area contributed by atoms with Gasteiger partial charge >= 0.3 is 0 Å². The van der Waals surface area contributed by atoms with Gasteiger partial charge in [0.2, 0.25) is 0 Å². The van der Waals surface area contributed by atoms with Gasteiger partial charge in [-0.25, -0.2) is 9.37 Å². The van der Waals surface area contributed by atoms with Crippen molar-refractivity contribution in [3.8, 4) is 0 Å². The molecule has 0 aliphatic rings. The molecule has 3 aromatic rings. The average molecular weight is 372 g/mol. The monoisotopic (exact) mass is 372 g/mol. The first-order chi connectivity index (χ1) is 12.5. The number of hydrogen-bond acceptors (Lipinski definition) is 4. The zero-order chi connectivity index (χ0) is 18.7. The van der Waals surface area contributed by atoms with E-state index in [-0.39, 0.29) is 22.7 Å². The second kappa shape index (κ2) is 8.01. The molecular weight excluding hydrogens is 351 g/mol. The van der Waals surface area contributed by atoms with E-state index in [1.165, 1.54) is 23.9 Å². The molecule has 0 amide bonds. The van der Waals surface area contributed by atoms with Gasteiger partial charge in [0.15, 0.2) is 5.16 Å². The first-order valence-corrected chi connectivity index (χ1v) is 9.31. The maximum Gasteiger partial charge on any atom is 0.262 e. The second-order valence-electron chi connectivity index (χ2n) is 6.20. The molecule has 0 aliphatic heterocycles. The average Bonchev–Trinajstić information content (AvgIpc) is 2.62. The van der Waals surface area contributed by atoms with E-state index in [4.69, 9.17) is 9.72 Å². The molecular formula is C20H21FN2O2S. The fourth-order valence-corrected chi connectivity index (χ4v) is 4.01. The summed E-state index contributed by atoms with van der Waals surface area (Å²) in [6.45, 7) is 4.37. The molecule has 6 heteroatoms. The quantitative estimate of drug-likeness (QED) is 0.469. The van der Waals surface area contributed by atoms with E-state index in [1.54, 1.807) is 29.9 Å². The zero-order valence-electron chi connectivity index (χ0n) is 15.0. The van der Waals surface area contributed by atoms with Gasteiger partial charge in [0.1, 0.15) is 5.82 Å². The highest BCUT2D eigenvalue weighted by atomic mass is 32.2. The van der Waals surface area contributed by atoms with Crippen molar-refractivity contribution in [2.24, 2.45) is 0 Å². The summed E-state index contributed by atoms with van der Waals surface area (Å²) in [6.07, 6.45) is 0. The highest BCUT2D eigenvalue weighted by Crippen LogP contribution is 2.34. The standard InChI is InChI=1S/C20H21FN2O2S/c1-13(12-25-3)23-19(24)17-6-4-5-7-18(17)22-20(23)26-14(2)15-8-10-16(21)11-9-15/h4-11,13-14H,12H2,1-3H3/t13-,14-/m1/s1. The van der Waals surface area contributed by atoms with Crippen LogP contribution in [0.5, 0.6) is 0 Å². The minimum absolute atomic E-state index is 0.0182. The van der Waals surface area contributed by atoms with Crippen LogP contribution < -0.4 is 5.56 Å². The van der Waals surface area contributed by atoms with Crippen LogP contribution in [0.4, 0.5) is 4.39 Å². The Morgan fingerprint density at radius 3 is 2.54 bits per heavy atom. The highest BCUT2D eigenvalue weighted by Gasteiger charge is 2.19. The number of nitrogens with zero attached hydrogens (tertiary/aromatic N) is 2. The van der Waals surface area contributed by atoms with E-state index in [1.807, 2.05) is 32.0 Å². The van der Waals surface area contributed by atoms with E-state index < -0.39 is 0 Å². The lowest BCUT2D eigenvalue weighted by Crippen LogP contribution is -2.28. The van der Waals surface area contributed by atoms with Crippen molar-refractivity contribution >= 4 is 22.7 Å². The van der Waals surface area contributed by atoms with E-state index in [0.29, 0.717) is 22.7 Å². The largest absolute Gasteiger partial charge is 0.383 e. The minimum Gasteiger partial charge on any atom is -0.383 e. The molecule has 0 saturated carbocycles. The number of benzene rings is 2. The number of halogens is 1. The molecule has 26 heavy (non-hydrogen) atoms. The van der Waals surface area contributed by atoms with E-state index in [2.05, 4.69) is 0 Å². The lowest BCUT2D eigenvalue weighted by atomic mass is 10.2. The maximum absolute atomic E-state index is 13.2. The van der Waals surface area contributed by atoms with Crippen molar-refractivity contribution in [1.82, 2.24) is 9.55 Å². The number of fused-ring (bicyclic) bond motifs is 1. The predicted molar refractivity (Wildman–Crippen MR) is 103 cm³/mol. The summed E-state index contributed by atoms with van der Waals surface area (Å²) in [5.74, 6) is -0.264. The van der Waals surface area contributed by atoms with Gasteiger partial charge in [-0.3, -0.25) is 9.36 Å². The van der Waals surface area contributed by atoms with Gasteiger partial charge in [0.05, 0.1) is 23.6 Å². The normalized spacial score (nSPS) is 13.7. The van der Waals surface area contributed by atoms with Crippen LogP contribution in [0.2, 0.25) is 0 Å². The maximum atomic E-state index is 13.2. The van der Waals surface area contributed by atoms with Crippen molar-refractivity contribution in [1.29, 1.82) is 0 Å². The first kappa shape index (κ1) is 18.6. The van der Waals surface area contributed by atoms with Gasteiger partial charge in [-0.2, -0.15) is 0 Å². The number of hydrogen-bond donors (Lipinski definition) is 0. The van der Waals surface area contributed by atoms with Crippen molar-refractivity contribution in [2.45, 2.75) is 30.3 Å². The Bertz CT molecular complexity index is 956. The van der Waals surface area contributed by atoms with Gasteiger partial charge in [0.25, 0.3) is 5.56 Å². The number of thioether (sulfide) groups is 1. The summed E-state index contributed by atoms with van der Waals surface area (Å²) in [5, 5.41) is 1.24. The van der Waals surface area contributed by atoms with Crippen LogP contribution in [0.1, 0.15) is 30.7 Å². The molecule has 0 bridgehead atoms. The Kier molecular flexibility index (Phi) is 5.74. The fourth-order valence-electron chi connectivity index (χ4n) is 2.87. The smallest absolute Gasteiger partial charge is 0.262 e. The van der Waals surface area contributed by atoms with Gasteiger partial charge in [-0.1, -0.05) is 36.0 Å². The summed E-state index contributed by atoms with van der Waals surface area (Å²) < 4.78 is 20.1. The Balaban J connectivity index is 2.06.